The Balaban J connectivity index is 1.21. The molecule has 0 bridgehead atoms. The SMILES string of the molecule is C=C(NC1CC2(CC(CC)C2)C1)c1cc(Cl)cc2cnn(Cc3cnc(-c4ccccc4)nc3)c12. The minimum Gasteiger partial charge on any atom is -0.382 e. The third-order valence-corrected chi connectivity index (χ3v) is 8.07. The van der Waals surface area contributed by atoms with Crippen LogP contribution in [-0.4, -0.2) is 25.8 Å². The number of rotatable bonds is 7. The Morgan fingerprint density at radius 3 is 2.54 bits per heavy atom. The molecule has 2 aromatic heterocycles. The predicted octanol–water partition coefficient (Wildman–Crippen LogP) is 6.72. The lowest BCUT2D eigenvalue weighted by Gasteiger charge is -2.58. The first kappa shape index (κ1) is 22.3. The third kappa shape index (κ3) is 4.23. The smallest absolute Gasteiger partial charge is 0.159 e. The van der Waals surface area contributed by atoms with E-state index in [1.54, 1.807) is 0 Å². The van der Waals surface area contributed by atoms with E-state index in [1.165, 1.54) is 32.1 Å². The van der Waals surface area contributed by atoms with Crippen molar-refractivity contribution in [2.45, 2.75) is 51.6 Å². The van der Waals surface area contributed by atoms with Crippen LogP contribution in [0.15, 0.2) is 67.6 Å². The quantitative estimate of drug-likeness (QED) is 0.317. The molecule has 2 heterocycles. The lowest BCUT2D eigenvalue weighted by atomic mass is 9.49. The van der Waals surface area contributed by atoms with E-state index in [4.69, 9.17) is 11.6 Å². The maximum Gasteiger partial charge on any atom is 0.159 e. The van der Waals surface area contributed by atoms with Crippen molar-refractivity contribution in [3.63, 3.8) is 0 Å². The van der Waals surface area contributed by atoms with E-state index < -0.39 is 0 Å². The molecule has 0 unspecified atom stereocenters. The summed E-state index contributed by atoms with van der Waals surface area (Å²) in [6.07, 6.45) is 12.2. The summed E-state index contributed by atoms with van der Waals surface area (Å²) < 4.78 is 1.99. The van der Waals surface area contributed by atoms with Crippen LogP contribution in [0.4, 0.5) is 0 Å². The Bertz CT molecular complexity index is 1360. The molecule has 2 saturated carbocycles. The first-order valence-electron chi connectivity index (χ1n) is 12.5. The molecular weight excluding hydrogens is 454 g/mol. The standard InChI is InChI=1S/C29H30ClN5/c1-3-20-11-29(12-20)13-25(14-29)34-19(2)26-10-24(30)9-23-17-33-35(27(23)26)18-21-15-31-28(32-16-21)22-7-5-4-6-8-22/h4-10,15-17,20,25,34H,2-3,11-14,18H2,1H3. The van der Waals surface area contributed by atoms with Crippen molar-refractivity contribution in [1.29, 1.82) is 0 Å². The molecule has 35 heavy (non-hydrogen) atoms. The van der Waals surface area contributed by atoms with E-state index in [2.05, 4.69) is 33.9 Å². The Hall–Kier alpha value is -3.18. The van der Waals surface area contributed by atoms with Gasteiger partial charge in [0, 0.05) is 51.2 Å². The van der Waals surface area contributed by atoms with Crippen LogP contribution in [0, 0.1) is 11.3 Å². The molecule has 0 atom stereocenters. The second kappa shape index (κ2) is 8.80. The minimum atomic E-state index is 0.490. The van der Waals surface area contributed by atoms with Gasteiger partial charge in [-0.05, 0) is 49.1 Å². The predicted molar refractivity (Wildman–Crippen MR) is 142 cm³/mol. The zero-order valence-corrected chi connectivity index (χ0v) is 20.8. The molecular formula is C29H30ClN5. The Morgan fingerprint density at radius 1 is 1.09 bits per heavy atom. The van der Waals surface area contributed by atoms with E-state index in [0.29, 0.717) is 23.0 Å². The van der Waals surface area contributed by atoms with Crippen molar-refractivity contribution < 1.29 is 0 Å². The number of benzene rings is 2. The second-order valence-corrected chi connectivity index (χ2v) is 10.8. The molecule has 6 heteroatoms. The summed E-state index contributed by atoms with van der Waals surface area (Å²) >= 11 is 6.48. The number of hydrogen-bond acceptors (Lipinski definition) is 4. The molecule has 0 radical (unpaired) electrons. The molecule has 0 amide bonds. The molecule has 0 saturated heterocycles. The molecule has 2 aromatic carbocycles. The molecule has 178 valence electrons. The van der Waals surface area contributed by atoms with Gasteiger partial charge in [0.1, 0.15) is 0 Å². The van der Waals surface area contributed by atoms with Crippen LogP contribution in [0.25, 0.3) is 28.0 Å². The van der Waals surface area contributed by atoms with E-state index in [-0.39, 0.29) is 0 Å². The number of nitrogens with zero attached hydrogens (tertiary/aromatic N) is 4. The van der Waals surface area contributed by atoms with E-state index in [1.807, 2.05) is 65.7 Å². The lowest BCUT2D eigenvalue weighted by molar-refractivity contribution is -0.0460. The minimum absolute atomic E-state index is 0.490. The van der Waals surface area contributed by atoms with Gasteiger partial charge in [0.15, 0.2) is 5.82 Å². The third-order valence-electron chi connectivity index (χ3n) is 7.85. The average Bonchev–Trinajstić information content (AvgIpc) is 3.22. The van der Waals surface area contributed by atoms with Crippen LogP contribution in [0.1, 0.15) is 50.2 Å². The van der Waals surface area contributed by atoms with Gasteiger partial charge in [0.2, 0.25) is 0 Å². The van der Waals surface area contributed by atoms with Gasteiger partial charge in [-0.15, -0.1) is 0 Å². The number of hydrogen-bond donors (Lipinski definition) is 1. The van der Waals surface area contributed by atoms with Gasteiger partial charge in [-0.2, -0.15) is 5.10 Å². The first-order chi connectivity index (χ1) is 17.0. The highest BCUT2D eigenvalue weighted by Crippen LogP contribution is 2.59. The van der Waals surface area contributed by atoms with Crippen molar-refractivity contribution in [1.82, 2.24) is 25.1 Å². The van der Waals surface area contributed by atoms with Crippen LogP contribution in [0.3, 0.4) is 0 Å². The van der Waals surface area contributed by atoms with Crippen molar-refractivity contribution in [2.75, 3.05) is 0 Å². The van der Waals surface area contributed by atoms with Gasteiger partial charge in [0.05, 0.1) is 18.3 Å². The monoisotopic (exact) mass is 483 g/mol. The topological polar surface area (TPSA) is 55.6 Å². The van der Waals surface area contributed by atoms with Crippen LogP contribution in [0.2, 0.25) is 5.02 Å². The van der Waals surface area contributed by atoms with Crippen molar-refractivity contribution >= 4 is 28.2 Å². The summed E-state index contributed by atoms with van der Waals surface area (Å²) in [4.78, 5) is 9.15. The molecule has 2 aliphatic carbocycles. The summed E-state index contributed by atoms with van der Waals surface area (Å²) in [7, 11) is 0. The zero-order valence-electron chi connectivity index (χ0n) is 20.0. The summed E-state index contributed by atoms with van der Waals surface area (Å²) in [6, 6.07) is 14.5. The highest BCUT2D eigenvalue weighted by Gasteiger charge is 2.52. The molecule has 1 spiro atoms. The molecule has 4 aromatic rings. The summed E-state index contributed by atoms with van der Waals surface area (Å²) in [5.74, 6) is 1.66. The Kier molecular flexibility index (Phi) is 5.60. The average molecular weight is 484 g/mol. The fraction of sp³-hybridized carbons (Fsp3) is 0.345. The second-order valence-electron chi connectivity index (χ2n) is 10.4. The number of fused-ring (bicyclic) bond motifs is 1. The van der Waals surface area contributed by atoms with E-state index in [0.717, 1.165) is 45.0 Å². The molecule has 5 nitrogen and oxygen atoms in total. The maximum absolute atomic E-state index is 6.48. The van der Waals surface area contributed by atoms with Gasteiger partial charge < -0.3 is 5.32 Å². The van der Waals surface area contributed by atoms with Gasteiger partial charge >= 0.3 is 0 Å². The first-order valence-corrected chi connectivity index (χ1v) is 12.9. The fourth-order valence-electron chi connectivity index (χ4n) is 6.09. The number of halogens is 1. The Morgan fingerprint density at radius 2 is 1.83 bits per heavy atom. The molecule has 2 fully saturated rings. The molecule has 1 N–H and O–H groups in total. The van der Waals surface area contributed by atoms with Gasteiger partial charge in [0.25, 0.3) is 0 Å². The van der Waals surface area contributed by atoms with E-state index >= 15 is 0 Å². The van der Waals surface area contributed by atoms with Crippen LogP contribution >= 0.6 is 11.6 Å². The number of aromatic nitrogens is 4. The van der Waals surface area contributed by atoms with Gasteiger partial charge in [-0.1, -0.05) is 61.9 Å². The molecule has 2 aliphatic rings. The largest absolute Gasteiger partial charge is 0.382 e. The fourth-order valence-corrected chi connectivity index (χ4v) is 6.32. The summed E-state index contributed by atoms with van der Waals surface area (Å²) in [5.41, 5.74) is 5.55. The highest BCUT2D eigenvalue weighted by molar-refractivity contribution is 6.31. The van der Waals surface area contributed by atoms with Crippen LogP contribution in [-0.2, 0) is 6.54 Å². The van der Waals surface area contributed by atoms with Crippen LogP contribution < -0.4 is 5.32 Å². The number of nitrogens with one attached hydrogen (secondary N) is 1. The van der Waals surface area contributed by atoms with Crippen molar-refractivity contribution in [3.05, 3.63) is 83.8 Å². The normalized spacial score (nSPS) is 23.1. The summed E-state index contributed by atoms with van der Waals surface area (Å²) in [5, 5.41) is 10.1. The lowest BCUT2D eigenvalue weighted by Crippen LogP contribution is -2.54. The summed E-state index contributed by atoms with van der Waals surface area (Å²) in [6.45, 7) is 7.28. The van der Waals surface area contributed by atoms with Crippen LogP contribution in [0.5, 0.6) is 0 Å². The Labute approximate surface area is 211 Å². The van der Waals surface area contributed by atoms with Crippen molar-refractivity contribution in [2.24, 2.45) is 11.3 Å². The van der Waals surface area contributed by atoms with Crippen molar-refractivity contribution in [3.8, 4) is 11.4 Å². The maximum atomic E-state index is 6.48. The highest BCUT2D eigenvalue weighted by atomic mass is 35.5. The molecule has 0 aliphatic heterocycles. The van der Waals surface area contributed by atoms with E-state index in [9.17, 15) is 0 Å². The molecule has 6 rings (SSSR count). The van der Waals surface area contributed by atoms with Gasteiger partial charge in [-0.25, -0.2) is 9.97 Å². The van der Waals surface area contributed by atoms with Gasteiger partial charge in [-0.3, -0.25) is 4.68 Å². The zero-order chi connectivity index (χ0) is 24.0.